The van der Waals surface area contributed by atoms with Crippen LogP contribution in [0.25, 0.3) is 6.08 Å². The Balaban J connectivity index is 1.32. The molecule has 2 aliphatic carbocycles. The maximum Gasteiger partial charge on any atom is 0.260 e. The molecule has 57 heavy (non-hydrogen) atoms. The fourth-order valence-electron chi connectivity index (χ4n) is 9.15. The van der Waals surface area contributed by atoms with Crippen LogP contribution in [0.1, 0.15) is 24.0 Å². The van der Waals surface area contributed by atoms with E-state index in [-0.39, 0.29) is 46.9 Å². The molecule has 0 aromatic heterocycles. The highest BCUT2D eigenvalue weighted by Gasteiger charge is 2.69. The Bertz CT molecular complexity index is 2360. The van der Waals surface area contributed by atoms with Crippen LogP contribution in [0.4, 0.5) is 11.4 Å². The molecule has 6 atom stereocenters. The minimum absolute atomic E-state index is 0.106. The molecule has 2 heterocycles. The van der Waals surface area contributed by atoms with Gasteiger partial charge in [-0.2, -0.15) is 5.01 Å². The Labute approximate surface area is 346 Å². The predicted molar refractivity (Wildman–Crippen MR) is 218 cm³/mol. The maximum absolute atomic E-state index is 15.4. The number of phenols is 1. The summed E-state index contributed by atoms with van der Waals surface area (Å²) in [6.07, 6.45) is 5.98. The number of phenolic OH excluding ortho intramolecular Hbond substituents is 1. The molecular formula is C43H36BrCl2N3O8. The van der Waals surface area contributed by atoms with Crippen LogP contribution in [0.15, 0.2) is 101 Å². The van der Waals surface area contributed by atoms with Crippen LogP contribution >= 0.6 is 39.1 Å². The van der Waals surface area contributed by atoms with Gasteiger partial charge in [0.15, 0.2) is 11.5 Å². The molecule has 11 nitrogen and oxygen atoms in total. The smallest absolute Gasteiger partial charge is 0.260 e. The summed E-state index contributed by atoms with van der Waals surface area (Å²) in [6.45, 7) is 0. The summed E-state index contributed by atoms with van der Waals surface area (Å²) in [6, 6.07) is 22.0. The fourth-order valence-corrected chi connectivity index (χ4v) is 9.87. The Morgan fingerprint density at radius 1 is 0.842 bits per heavy atom. The standard InChI is InChI=1S/C43H36BrCl2N3O8/c1-55-27-12-5-23(6-13-27)43-31(16-4-22-18-35(56-2)38(50)36(19-22)57-3)28-14-15-29-37(41(53)48(39(29)51)26-10-7-24(44)8-11-26)30(28)21-32(43)40(52)49(42(43)54)47-34-17-9-25(45)20-33(34)46/h4-14,16-20,29-32,37,47,50H,15,21H2,1-3H3/t29-,30+,31-,32-,37-,43-/m0/s1. The second-order valence-electron chi connectivity index (χ2n) is 14.4. The van der Waals surface area contributed by atoms with Crippen molar-refractivity contribution in [2.24, 2.45) is 29.6 Å². The van der Waals surface area contributed by atoms with Gasteiger partial charge in [0.05, 0.1) is 60.9 Å². The molecule has 8 rings (SSSR count). The van der Waals surface area contributed by atoms with Gasteiger partial charge in [-0.1, -0.05) is 75.1 Å². The number of amides is 4. The SMILES string of the molecule is COc1ccc([C@@]23C(=O)N(Nc4ccc(Cl)cc4Cl)C(=O)[C@@H]2C[C@@H]2C(=CC[C@@H]4C(=O)N(c5ccc(Br)cc5)C(=O)[C@@H]42)[C@@H]3C=Cc2cc(OC)c(O)c(OC)c2)cc1. The molecule has 0 bridgehead atoms. The average Bonchev–Trinajstić information content (AvgIpc) is 3.59. The molecule has 292 valence electrons. The first-order chi connectivity index (χ1) is 27.4. The predicted octanol–water partition coefficient (Wildman–Crippen LogP) is 8.22. The molecule has 4 aromatic carbocycles. The third kappa shape index (κ3) is 6.16. The van der Waals surface area contributed by atoms with Crippen LogP contribution in [0, 0.1) is 29.6 Å². The first-order valence-electron chi connectivity index (χ1n) is 18.1. The van der Waals surface area contributed by atoms with Crippen molar-refractivity contribution in [2.45, 2.75) is 18.3 Å². The lowest BCUT2D eigenvalue weighted by Gasteiger charge is -2.49. The highest BCUT2D eigenvalue weighted by molar-refractivity contribution is 9.10. The lowest BCUT2D eigenvalue weighted by molar-refractivity contribution is -0.139. The van der Waals surface area contributed by atoms with E-state index in [1.165, 1.54) is 25.2 Å². The normalized spacial score (nSPS) is 25.3. The molecule has 1 saturated carbocycles. The monoisotopic (exact) mass is 871 g/mol. The number of aromatic hydroxyl groups is 1. The second-order valence-corrected chi connectivity index (χ2v) is 16.1. The number of benzene rings is 4. The number of methoxy groups -OCH3 is 3. The number of hydrazine groups is 1. The Hall–Kier alpha value is -5.30. The lowest BCUT2D eigenvalue weighted by Crippen LogP contribution is -2.54. The zero-order valence-electron chi connectivity index (χ0n) is 30.9. The largest absolute Gasteiger partial charge is 0.502 e. The lowest BCUT2D eigenvalue weighted by atomic mass is 9.50. The van der Waals surface area contributed by atoms with Gasteiger partial charge in [-0.3, -0.25) is 29.5 Å². The van der Waals surface area contributed by atoms with Crippen molar-refractivity contribution in [2.75, 3.05) is 31.7 Å². The van der Waals surface area contributed by atoms with Crippen LogP contribution in [-0.2, 0) is 24.6 Å². The van der Waals surface area contributed by atoms with Crippen LogP contribution in [0.3, 0.4) is 0 Å². The van der Waals surface area contributed by atoms with Crippen LogP contribution < -0.4 is 24.5 Å². The van der Waals surface area contributed by atoms with Gasteiger partial charge < -0.3 is 19.3 Å². The van der Waals surface area contributed by atoms with Crippen molar-refractivity contribution >= 4 is 80.2 Å². The summed E-state index contributed by atoms with van der Waals surface area (Å²) >= 11 is 16.2. The van der Waals surface area contributed by atoms with E-state index >= 15 is 4.79 Å². The molecule has 0 unspecified atom stereocenters. The van der Waals surface area contributed by atoms with E-state index in [2.05, 4.69) is 21.4 Å². The first kappa shape index (κ1) is 38.6. The quantitative estimate of drug-likeness (QED) is 0.126. The Morgan fingerprint density at radius 3 is 2.16 bits per heavy atom. The number of hydrogen-bond acceptors (Lipinski definition) is 9. The Morgan fingerprint density at radius 2 is 1.53 bits per heavy atom. The molecule has 2 N–H and O–H groups in total. The third-order valence-electron chi connectivity index (χ3n) is 11.7. The molecule has 4 amide bonds. The summed E-state index contributed by atoms with van der Waals surface area (Å²) in [5.41, 5.74) is 4.11. The number of carbonyl (C=O) groups is 4. The van der Waals surface area contributed by atoms with Crippen LogP contribution in [0.2, 0.25) is 10.0 Å². The van der Waals surface area contributed by atoms with Crippen LogP contribution in [0.5, 0.6) is 23.0 Å². The maximum atomic E-state index is 15.4. The zero-order valence-corrected chi connectivity index (χ0v) is 34.0. The number of ether oxygens (including phenoxy) is 3. The van der Waals surface area contributed by atoms with Crippen molar-refractivity contribution in [1.29, 1.82) is 0 Å². The van der Waals surface area contributed by atoms with E-state index in [1.807, 2.05) is 12.2 Å². The minimum atomic E-state index is -1.54. The number of rotatable bonds is 9. The number of nitrogens with zero attached hydrogens (tertiary/aromatic N) is 2. The van der Waals surface area contributed by atoms with Crippen molar-refractivity contribution in [1.82, 2.24) is 5.01 Å². The van der Waals surface area contributed by atoms with Gasteiger partial charge in [0.2, 0.25) is 17.6 Å². The fraction of sp³-hybridized carbons (Fsp3) is 0.256. The molecule has 0 radical (unpaired) electrons. The number of nitrogens with one attached hydrogen (secondary N) is 1. The number of carbonyl (C=O) groups excluding carboxylic acids is 4. The van der Waals surface area contributed by atoms with E-state index in [0.717, 1.165) is 15.1 Å². The van der Waals surface area contributed by atoms with Gasteiger partial charge >= 0.3 is 0 Å². The summed E-state index contributed by atoms with van der Waals surface area (Å²) in [5.74, 6) is -4.82. The third-order valence-corrected chi connectivity index (χ3v) is 12.8. The molecule has 4 aliphatic rings. The number of hydrogen-bond donors (Lipinski definition) is 2. The van der Waals surface area contributed by atoms with Crippen molar-refractivity contribution in [3.05, 3.63) is 122 Å². The summed E-state index contributed by atoms with van der Waals surface area (Å²) in [4.78, 5) is 60.3. The molecule has 2 saturated heterocycles. The summed E-state index contributed by atoms with van der Waals surface area (Å²) < 4.78 is 17.1. The minimum Gasteiger partial charge on any atom is -0.502 e. The highest BCUT2D eigenvalue weighted by Crippen LogP contribution is 2.62. The van der Waals surface area contributed by atoms with E-state index in [0.29, 0.717) is 33.3 Å². The zero-order chi connectivity index (χ0) is 40.3. The topological polar surface area (TPSA) is 135 Å². The van der Waals surface area contributed by atoms with Gasteiger partial charge in [-0.25, -0.2) is 0 Å². The molecular weight excluding hydrogens is 837 g/mol. The first-order valence-corrected chi connectivity index (χ1v) is 19.7. The number of allylic oxidation sites excluding steroid dienone is 3. The van der Waals surface area contributed by atoms with Gasteiger partial charge in [0, 0.05) is 15.4 Å². The molecule has 0 spiro atoms. The van der Waals surface area contributed by atoms with Crippen LogP contribution in [-0.4, -0.2) is 55.1 Å². The number of imide groups is 2. The molecule has 3 fully saturated rings. The van der Waals surface area contributed by atoms with Crippen molar-refractivity contribution in [3.63, 3.8) is 0 Å². The van der Waals surface area contributed by atoms with Crippen molar-refractivity contribution < 1.29 is 38.5 Å². The van der Waals surface area contributed by atoms with Gasteiger partial charge in [-0.05, 0) is 96.6 Å². The van der Waals surface area contributed by atoms with Crippen molar-refractivity contribution in [3.8, 4) is 23.0 Å². The van der Waals surface area contributed by atoms with E-state index in [4.69, 9.17) is 37.4 Å². The Kier molecular flexibility index (Phi) is 10.1. The summed E-state index contributed by atoms with van der Waals surface area (Å²) in [5, 5.41) is 12.3. The number of anilines is 2. The van der Waals surface area contributed by atoms with E-state index in [1.54, 1.807) is 86.0 Å². The summed E-state index contributed by atoms with van der Waals surface area (Å²) in [7, 11) is 4.39. The number of halogens is 3. The number of fused-ring (bicyclic) bond motifs is 4. The van der Waals surface area contributed by atoms with Gasteiger partial charge in [0.1, 0.15) is 5.75 Å². The molecule has 14 heteroatoms. The molecule has 4 aromatic rings. The molecule has 2 aliphatic heterocycles. The highest BCUT2D eigenvalue weighted by atomic mass is 79.9. The van der Waals surface area contributed by atoms with E-state index in [9.17, 15) is 19.5 Å². The second kappa shape index (κ2) is 14.9. The van der Waals surface area contributed by atoms with Gasteiger partial charge in [-0.15, -0.1) is 0 Å². The average molecular weight is 874 g/mol. The van der Waals surface area contributed by atoms with Gasteiger partial charge in [0.25, 0.3) is 11.8 Å². The van der Waals surface area contributed by atoms with E-state index < -0.39 is 46.8 Å².